The van der Waals surface area contributed by atoms with Crippen molar-refractivity contribution in [1.29, 1.82) is 0 Å². The molecule has 1 aromatic carbocycles. The molecule has 0 saturated heterocycles. The van der Waals surface area contributed by atoms with Gasteiger partial charge in [-0.15, -0.1) is 11.3 Å². The number of carbonyl (C=O) groups excluding carboxylic acids is 1. The molecule has 0 N–H and O–H groups in total. The smallest absolute Gasteiger partial charge is 0.0961 e. The molecule has 1 atom stereocenters. The Hall–Kier alpha value is -1.52. The first-order chi connectivity index (χ1) is 9.15. The van der Waals surface area contributed by atoms with Crippen LogP contribution < -0.4 is 10.0 Å². The molecule has 3 nitrogen and oxygen atoms in total. The molecule has 100 valence electrons. The summed E-state index contributed by atoms with van der Waals surface area (Å²) in [6, 6.07) is 9.87. The van der Waals surface area contributed by atoms with Crippen molar-refractivity contribution in [2.24, 2.45) is 0 Å². The van der Waals surface area contributed by atoms with Crippen LogP contribution in [0.2, 0.25) is 5.02 Å². The summed E-state index contributed by atoms with van der Waals surface area (Å²) in [6.45, 7) is 2.47. The summed E-state index contributed by atoms with van der Waals surface area (Å²) in [6.07, 6.45) is 0. The van der Waals surface area contributed by atoms with Crippen LogP contribution in [0.1, 0.15) is 18.5 Å². The molecule has 2 aromatic rings. The third-order valence-corrected chi connectivity index (χ3v) is 4.11. The summed E-state index contributed by atoms with van der Waals surface area (Å²) < 4.78 is 0. The highest BCUT2D eigenvalue weighted by Gasteiger charge is 2.23. The second kappa shape index (κ2) is 6.08. The van der Waals surface area contributed by atoms with Crippen LogP contribution in [-0.4, -0.2) is 12.5 Å². The summed E-state index contributed by atoms with van der Waals surface area (Å²) in [5.41, 5.74) is 0.555. The van der Waals surface area contributed by atoms with Crippen LogP contribution in [0, 0.1) is 0 Å². The molecule has 1 heterocycles. The molecule has 0 aliphatic carbocycles. The average Bonchev–Trinajstić information content (AvgIpc) is 2.90. The fourth-order valence-corrected chi connectivity index (χ4v) is 3.08. The van der Waals surface area contributed by atoms with Gasteiger partial charge >= 0.3 is 0 Å². The first kappa shape index (κ1) is 13.9. The van der Waals surface area contributed by atoms with Crippen molar-refractivity contribution in [2.45, 2.75) is 13.0 Å². The maximum atomic E-state index is 11.5. The standard InChI is InChI=1S/C14H14ClNO2S/c1-2-16(12-8-5-9-19-12)13(14(17)18)10-6-3-4-7-11(10)15/h3-9,13H,2H2,1H3,(H,17,18)/p-1. The SMILES string of the molecule is CCN(c1cccs1)C(C(=O)[O-])c1ccccc1Cl. The number of carboxylic acid groups (broad SMARTS) is 1. The van der Waals surface area contributed by atoms with Crippen LogP contribution in [0.4, 0.5) is 5.00 Å². The zero-order chi connectivity index (χ0) is 13.8. The number of carbonyl (C=O) groups is 1. The summed E-state index contributed by atoms with van der Waals surface area (Å²) in [7, 11) is 0. The normalized spacial score (nSPS) is 12.1. The van der Waals surface area contributed by atoms with Crippen molar-refractivity contribution in [2.75, 3.05) is 11.4 Å². The molecule has 0 spiro atoms. The van der Waals surface area contributed by atoms with Crippen molar-refractivity contribution >= 4 is 33.9 Å². The minimum absolute atomic E-state index is 0.437. The molecule has 1 aromatic heterocycles. The minimum atomic E-state index is -1.15. The molecule has 5 heteroatoms. The van der Waals surface area contributed by atoms with Gasteiger partial charge in [0.2, 0.25) is 0 Å². The van der Waals surface area contributed by atoms with Gasteiger partial charge in [-0.2, -0.15) is 0 Å². The van der Waals surface area contributed by atoms with Crippen LogP contribution in [0.15, 0.2) is 41.8 Å². The fourth-order valence-electron chi connectivity index (χ4n) is 2.02. The van der Waals surface area contributed by atoms with Crippen LogP contribution in [0.3, 0.4) is 0 Å². The van der Waals surface area contributed by atoms with Gasteiger partial charge in [-0.3, -0.25) is 0 Å². The number of carboxylic acids is 1. The highest BCUT2D eigenvalue weighted by atomic mass is 35.5. The van der Waals surface area contributed by atoms with Gasteiger partial charge in [-0.1, -0.05) is 29.8 Å². The van der Waals surface area contributed by atoms with Gasteiger partial charge in [0, 0.05) is 11.6 Å². The zero-order valence-electron chi connectivity index (χ0n) is 10.4. The van der Waals surface area contributed by atoms with Crippen LogP contribution in [-0.2, 0) is 4.79 Å². The van der Waals surface area contributed by atoms with E-state index in [1.54, 1.807) is 29.2 Å². The molecule has 2 rings (SSSR count). The topological polar surface area (TPSA) is 43.4 Å². The van der Waals surface area contributed by atoms with E-state index in [-0.39, 0.29) is 0 Å². The first-order valence-electron chi connectivity index (χ1n) is 5.90. The molecule has 19 heavy (non-hydrogen) atoms. The third-order valence-electron chi connectivity index (χ3n) is 2.86. The van der Waals surface area contributed by atoms with Crippen molar-refractivity contribution in [3.05, 3.63) is 52.4 Å². The molecule has 0 aliphatic rings. The van der Waals surface area contributed by atoms with Crippen molar-refractivity contribution < 1.29 is 9.90 Å². The summed E-state index contributed by atoms with van der Waals surface area (Å²) >= 11 is 7.60. The Morgan fingerprint density at radius 1 is 1.37 bits per heavy atom. The summed E-state index contributed by atoms with van der Waals surface area (Å²) in [5.74, 6) is -1.15. The second-order valence-corrected chi connectivity index (χ2v) is 5.31. The van der Waals surface area contributed by atoms with E-state index in [0.717, 1.165) is 5.00 Å². The Morgan fingerprint density at radius 2 is 2.11 bits per heavy atom. The Bertz CT molecular complexity index is 556. The number of aliphatic carboxylic acids is 1. The van der Waals surface area contributed by atoms with Gasteiger partial charge in [0.1, 0.15) is 0 Å². The lowest BCUT2D eigenvalue weighted by molar-refractivity contribution is -0.307. The van der Waals surface area contributed by atoms with Gasteiger partial charge in [0.15, 0.2) is 0 Å². The second-order valence-electron chi connectivity index (χ2n) is 3.98. The van der Waals surface area contributed by atoms with E-state index in [0.29, 0.717) is 17.1 Å². The predicted octanol–water partition coefficient (Wildman–Crippen LogP) is 2.72. The van der Waals surface area contributed by atoms with E-state index < -0.39 is 12.0 Å². The van der Waals surface area contributed by atoms with Crippen LogP contribution >= 0.6 is 22.9 Å². The predicted molar refractivity (Wildman–Crippen MR) is 76.5 cm³/mol. The fraction of sp³-hybridized carbons (Fsp3) is 0.214. The largest absolute Gasteiger partial charge is 0.548 e. The number of thiophene rings is 1. The van der Waals surface area contributed by atoms with Crippen molar-refractivity contribution in [3.8, 4) is 0 Å². The molecule has 0 fully saturated rings. The molecule has 0 saturated carbocycles. The van der Waals surface area contributed by atoms with E-state index in [4.69, 9.17) is 11.6 Å². The third kappa shape index (κ3) is 2.91. The van der Waals surface area contributed by atoms with Gasteiger partial charge < -0.3 is 14.8 Å². The first-order valence-corrected chi connectivity index (χ1v) is 7.16. The monoisotopic (exact) mass is 294 g/mol. The molecule has 0 radical (unpaired) electrons. The number of hydrogen-bond donors (Lipinski definition) is 0. The number of hydrogen-bond acceptors (Lipinski definition) is 4. The molecular formula is C14H13ClNO2S-. The van der Waals surface area contributed by atoms with Crippen LogP contribution in [0.25, 0.3) is 0 Å². The van der Waals surface area contributed by atoms with E-state index in [2.05, 4.69) is 0 Å². The highest BCUT2D eigenvalue weighted by molar-refractivity contribution is 7.14. The van der Waals surface area contributed by atoms with E-state index in [9.17, 15) is 9.90 Å². The van der Waals surface area contributed by atoms with Gasteiger partial charge in [0.25, 0.3) is 0 Å². The van der Waals surface area contributed by atoms with Gasteiger partial charge in [0.05, 0.1) is 17.0 Å². The average molecular weight is 295 g/mol. The number of nitrogens with zero attached hydrogens (tertiary/aromatic N) is 1. The molecule has 0 aliphatic heterocycles. The number of rotatable bonds is 5. The Balaban J connectivity index is 2.46. The van der Waals surface area contributed by atoms with E-state index in [1.165, 1.54) is 11.3 Å². The number of likely N-dealkylation sites (N-methyl/N-ethyl adjacent to an activating group) is 1. The number of halogens is 1. The summed E-state index contributed by atoms with van der Waals surface area (Å²) in [5, 5.41) is 14.8. The van der Waals surface area contributed by atoms with Gasteiger partial charge in [-0.05, 0) is 36.1 Å². The van der Waals surface area contributed by atoms with E-state index >= 15 is 0 Å². The minimum Gasteiger partial charge on any atom is -0.548 e. The van der Waals surface area contributed by atoms with Gasteiger partial charge in [-0.25, -0.2) is 0 Å². The maximum absolute atomic E-state index is 11.5. The lowest BCUT2D eigenvalue weighted by Gasteiger charge is -2.33. The molecule has 1 unspecified atom stereocenters. The number of benzene rings is 1. The lowest BCUT2D eigenvalue weighted by Crippen LogP contribution is -2.41. The quantitative estimate of drug-likeness (QED) is 0.851. The highest BCUT2D eigenvalue weighted by Crippen LogP contribution is 2.33. The van der Waals surface area contributed by atoms with Crippen LogP contribution in [0.5, 0.6) is 0 Å². The van der Waals surface area contributed by atoms with Crippen molar-refractivity contribution in [1.82, 2.24) is 0 Å². The lowest BCUT2D eigenvalue weighted by atomic mass is 10.1. The van der Waals surface area contributed by atoms with E-state index in [1.807, 2.05) is 24.4 Å². The zero-order valence-corrected chi connectivity index (χ0v) is 11.9. The Kier molecular flexibility index (Phi) is 4.45. The molecule has 0 amide bonds. The molecular weight excluding hydrogens is 282 g/mol. The summed E-state index contributed by atoms with van der Waals surface area (Å²) in [4.78, 5) is 13.3. The molecule has 0 bridgehead atoms. The number of anilines is 1. The maximum Gasteiger partial charge on any atom is 0.0961 e. The Morgan fingerprint density at radius 3 is 2.63 bits per heavy atom. The Labute approximate surface area is 121 Å². The van der Waals surface area contributed by atoms with Crippen molar-refractivity contribution in [3.63, 3.8) is 0 Å².